The van der Waals surface area contributed by atoms with Gasteiger partial charge in [-0.2, -0.15) is 0 Å². The summed E-state index contributed by atoms with van der Waals surface area (Å²) in [6.45, 7) is 0. The quantitative estimate of drug-likeness (QED) is 0.342. The van der Waals surface area contributed by atoms with Crippen LogP contribution in [0.5, 0.6) is 0 Å². The number of carbonyl (C=O) groups excluding carboxylic acids is 2. The number of methoxy groups -OCH3 is 1. The number of anilines is 1. The molecule has 1 atom stereocenters. The Balaban J connectivity index is 1.36. The molecule has 0 aliphatic heterocycles. The van der Waals surface area contributed by atoms with Crippen LogP contribution in [0.25, 0.3) is 22.5 Å². The number of aryl methyl sites for hydroxylation is 1. The molecule has 1 aliphatic carbocycles. The largest absolute Gasteiger partial charge is 0.453 e. The number of pyridine rings is 1. The normalized spacial score (nSPS) is 13.5. The summed E-state index contributed by atoms with van der Waals surface area (Å²) in [5, 5.41) is 13.9. The predicted octanol–water partition coefficient (Wildman–Crippen LogP) is 4.20. The maximum absolute atomic E-state index is 13.3. The van der Waals surface area contributed by atoms with Crippen molar-refractivity contribution in [2.75, 3.05) is 12.4 Å². The molecule has 2 aromatic heterocycles. The van der Waals surface area contributed by atoms with Gasteiger partial charge in [0.2, 0.25) is 5.91 Å². The topological polar surface area (TPSA) is 120 Å². The summed E-state index contributed by atoms with van der Waals surface area (Å²) in [6, 6.07) is 15.2. The summed E-state index contributed by atoms with van der Waals surface area (Å²) >= 11 is 6.52. The molecular formula is C28H27ClN6O4. The minimum Gasteiger partial charge on any atom is -0.453 e. The summed E-state index contributed by atoms with van der Waals surface area (Å²) < 4.78 is 8.30. The van der Waals surface area contributed by atoms with E-state index in [-0.39, 0.29) is 18.0 Å². The first-order valence-corrected chi connectivity index (χ1v) is 12.8. The zero-order valence-electron chi connectivity index (χ0n) is 21.4. The van der Waals surface area contributed by atoms with Crippen molar-refractivity contribution < 1.29 is 14.3 Å². The highest BCUT2D eigenvalue weighted by atomic mass is 35.5. The zero-order chi connectivity index (χ0) is 27.5. The van der Waals surface area contributed by atoms with Crippen LogP contribution in [0.1, 0.15) is 24.4 Å². The minimum atomic E-state index is -0.968. The second-order valence-corrected chi connectivity index (χ2v) is 9.83. The highest BCUT2D eigenvalue weighted by molar-refractivity contribution is 6.31. The maximum atomic E-state index is 13.3. The van der Waals surface area contributed by atoms with Gasteiger partial charge in [-0.3, -0.25) is 9.59 Å². The number of alkyl carbamates (subject to hydrolysis) is 1. The molecular weight excluding hydrogens is 520 g/mol. The standard InChI is InChI=1S/C28H27ClN6O4/c1-34-16-30-33-26(34)17-3-7-21(8-4-17)31-27(37)24(32-28(38)39-2)14-20-13-18(5-11-23(20)29)19-6-12-25(36)35(15-19)22-9-10-22/h3-8,11-13,15-16,22,24H,9-10,14H2,1-2H3,(H,31,37)(H,32,38)/t24-/m0/s1. The number of hydrogen-bond donors (Lipinski definition) is 2. The van der Waals surface area contributed by atoms with Gasteiger partial charge in [-0.25, -0.2) is 4.79 Å². The van der Waals surface area contributed by atoms with Crippen molar-refractivity contribution in [3.05, 3.63) is 88.1 Å². The molecule has 200 valence electrons. The number of hydrogen-bond acceptors (Lipinski definition) is 6. The Kier molecular flexibility index (Phi) is 7.47. The third kappa shape index (κ3) is 6.01. The Morgan fingerprint density at radius 1 is 1.08 bits per heavy atom. The molecule has 1 aliphatic rings. The van der Waals surface area contributed by atoms with Gasteiger partial charge in [0.1, 0.15) is 12.4 Å². The maximum Gasteiger partial charge on any atom is 0.407 e. The lowest BCUT2D eigenvalue weighted by atomic mass is 9.99. The lowest BCUT2D eigenvalue weighted by Crippen LogP contribution is -2.45. The van der Waals surface area contributed by atoms with Gasteiger partial charge >= 0.3 is 6.09 Å². The molecule has 39 heavy (non-hydrogen) atoms. The summed E-state index contributed by atoms with van der Waals surface area (Å²) in [5.74, 6) is 0.260. The molecule has 5 rings (SSSR count). The predicted molar refractivity (Wildman–Crippen MR) is 148 cm³/mol. The van der Waals surface area contributed by atoms with Crippen LogP contribution in [0, 0.1) is 0 Å². The number of rotatable bonds is 8. The fourth-order valence-electron chi connectivity index (χ4n) is 4.33. The van der Waals surface area contributed by atoms with E-state index in [1.165, 1.54) is 7.11 Å². The second kappa shape index (κ2) is 11.1. The van der Waals surface area contributed by atoms with Gasteiger partial charge in [-0.15, -0.1) is 10.2 Å². The van der Waals surface area contributed by atoms with Crippen LogP contribution in [0.3, 0.4) is 0 Å². The monoisotopic (exact) mass is 546 g/mol. The lowest BCUT2D eigenvalue weighted by molar-refractivity contribution is -0.118. The van der Waals surface area contributed by atoms with E-state index >= 15 is 0 Å². The number of nitrogens with zero attached hydrogens (tertiary/aromatic N) is 4. The molecule has 1 saturated carbocycles. The molecule has 2 amide bonds. The molecule has 2 heterocycles. The molecule has 4 aromatic rings. The number of aromatic nitrogens is 4. The van der Waals surface area contributed by atoms with E-state index in [4.69, 9.17) is 16.3 Å². The Bertz CT molecular complexity index is 1580. The molecule has 0 radical (unpaired) electrons. The molecule has 0 unspecified atom stereocenters. The van der Waals surface area contributed by atoms with Crippen LogP contribution < -0.4 is 16.2 Å². The Hall–Kier alpha value is -4.44. The van der Waals surface area contributed by atoms with Gasteiger partial charge in [0.05, 0.1) is 7.11 Å². The second-order valence-electron chi connectivity index (χ2n) is 9.43. The van der Waals surface area contributed by atoms with Gasteiger partial charge in [0.15, 0.2) is 5.82 Å². The van der Waals surface area contributed by atoms with Gasteiger partial charge < -0.3 is 24.5 Å². The molecule has 1 fully saturated rings. The number of amides is 2. The van der Waals surface area contributed by atoms with Crippen LogP contribution >= 0.6 is 11.6 Å². The average molecular weight is 547 g/mol. The number of ether oxygens (including phenoxy) is 1. The van der Waals surface area contributed by atoms with E-state index in [9.17, 15) is 14.4 Å². The highest BCUT2D eigenvalue weighted by Gasteiger charge is 2.25. The number of benzene rings is 2. The van der Waals surface area contributed by atoms with E-state index < -0.39 is 18.0 Å². The third-order valence-electron chi connectivity index (χ3n) is 6.60. The Morgan fingerprint density at radius 2 is 1.79 bits per heavy atom. The first-order valence-electron chi connectivity index (χ1n) is 12.4. The molecule has 2 aromatic carbocycles. The first-order chi connectivity index (χ1) is 18.8. The van der Waals surface area contributed by atoms with Gasteiger partial charge in [-0.1, -0.05) is 17.7 Å². The van der Waals surface area contributed by atoms with E-state index in [0.29, 0.717) is 22.1 Å². The van der Waals surface area contributed by atoms with Crippen molar-refractivity contribution in [3.8, 4) is 22.5 Å². The van der Waals surface area contributed by atoms with Crippen molar-refractivity contribution in [2.24, 2.45) is 7.05 Å². The molecule has 0 spiro atoms. The zero-order valence-corrected chi connectivity index (χ0v) is 22.2. The van der Waals surface area contributed by atoms with Crippen LogP contribution in [-0.2, 0) is 23.0 Å². The van der Waals surface area contributed by atoms with Gasteiger partial charge in [0, 0.05) is 48.0 Å². The van der Waals surface area contributed by atoms with E-state index in [2.05, 4.69) is 20.8 Å². The van der Waals surface area contributed by atoms with Crippen molar-refractivity contribution in [1.29, 1.82) is 0 Å². The minimum absolute atomic E-state index is 0.0286. The first kappa shape index (κ1) is 26.2. The molecule has 0 bridgehead atoms. The Morgan fingerprint density at radius 3 is 2.46 bits per heavy atom. The molecule has 10 nitrogen and oxygen atoms in total. The smallest absolute Gasteiger partial charge is 0.407 e. The van der Waals surface area contributed by atoms with Crippen LogP contribution in [0.15, 0.2) is 71.9 Å². The van der Waals surface area contributed by atoms with Gasteiger partial charge in [0.25, 0.3) is 5.56 Å². The highest BCUT2D eigenvalue weighted by Crippen LogP contribution is 2.34. The van der Waals surface area contributed by atoms with Crippen LogP contribution in [0.2, 0.25) is 5.02 Å². The van der Waals surface area contributed by atoms with Crippen molar-refractivity contribution in [3.63, 3.8) is 0 Å². The van der Waals surface area contributed by atoms with E-state index in [0.717, 1.165) is 29.5 Å². The summed E-state index contributed by atoms with van der Waals surface area (Å²) in [7, 11) is 3.08. The average Bonchev–Trinajstić information content (AvgIpc) is 3.69. The van der Waals surface area contributed by atoms with E-state index in [1.807, 2.05) is 37.5 Å². The van der Waals surface area contributed by atoms with Gasteiger partial charge in [-0.05, 0) is 72.0 Å². The fraction of sp³-hybridized carbons (Fsp3) is 0.250. The van der Waals surface area contributed by atoms with Crippen molar-refractivity contribution >= 4 is 29.3 Å². The number of nitrogens with one attached hydrogen (secondary N) is 2. The lowest BCUT2D eigenvalue weighted by Gasteiger charge is -2.19. The van der Waals surface area contributed by atoms with Crippen LogP contribution in [0.4, 0.5) is 10.5 Å². The summed E-state index contributed by atoms with van der Waals surface area (Å²) in [4.78, 5) is 37.6. The van der Waals surface area contributed by atoms with Crippen molar-refractivity contribution in [2.45, 2.75) is 31.3 Å². The SMILES string of the molecule is COC(=O)N[C@@H](Cc1cc(-c2ccc(=O)n(C3CC3)c2)ccc1Cl)C(=O)Nc1ccc(-c2nncn2C)cc1. The third-order valence-corrected chi connectivity index (χ3v) is 6.97. The summed E-state index contributed by atoms with van der Waals surface area (Å²) in [5.41, 5.74) is 3.73. The number of carbonyl (C=O) groups is 2. The molecule has 0 saturated heterocycles. The fourth-order valence-corrected chi connectivity index (χ4v) is 4.52. The summed E-state index contributed by atoms with van der Waals surface area (Å²) in [6.07, 6.45) is 4.83. The van der Waals surface area contributed by atoms with E-state index in [1.54, 1.807) is 45.8 Å². The molecule has 2 N–H and O–H groups in total. The molecule has 11 heteroatoms. The van der Waals surface area contributed by atoms with Crippen molar-refractivity contribution in [1.82, 2.24) is 24.6 Å². The van der Waals surface area contributed by atoms with Crippen LogP contribution in [-0.4, -0.2) is 44.5 Å². The number of halogens is 1. The Labute approximate surface area is 229 Å².